The van der Waals surface area contributed by atoms with Gasteiger partial charge in [-0.1, -0.05) is 12.2 Å². The fourth-order valence-corrected chi connectivity index (χ4v) is 1.14. The Labute approximate surface area is 91.5 Å². The summed E-state index contributed by atoms with van der Waals surface area (Å²) in [6.45, 7) is 0. The number of hydrogen-bond donors (Lipinski definition) is 1. The lowest BCUT2D eigenvalue weighted by Gasteiger charge is -2.03. The molecular formula is C11H11F2NO2. The summed E-state index contributed by atoms with van der Waals surface area (Å²) in [6, 6.07) is 2.34. The van der Waals surface area contributed by atoms with E-state index in [1.807, 2.05) is 0 Å². The molecule has 86 valence electrons. The van der Waals surface area contributed by atoms with E-state index in [1.165, 1.54) is 25.3 Å². The number of methoxy groups -OCH3 is 1. The number of nitrogens with two attached hydrogens (primary N) is 1. The van der Waals surface area contributed by atoms with Gasteiger partial charge in [-0.25, -0.2) is 4.39 Å². The van der Waals surface area contributed by atoms with Crippen LogP contribution in [0, 0.1) is 11.6 Å². The van der Waals surface area contributed by atoms with Crippen LogP contribution in [0.5, 0.6) is 5.75 Å². The highest BCUT2D eigenvalue weighted by molar-refractivity contribution is 5.76. The molecule has 0 aliphatic heterocycles. The molecule has 3 nitrogen and oxygen atoms in total. The normalized spacial score (nSPS) is 10.7. The van der Waals surface area contributed by atoms with Crippen LogP contribution < -0.4 is 10.5 Å². The number of halogens is 2. The number of hydrogen-bond acceptors (Lipinski definition) is 2. The van der Waals surface area contributed by atoms with Gasteiger partial charge in [0.05, 0.1) is 7.11 Å². The second-order valence-corrected chi connectivity index (χ2v) is 3.09. The van der Waals surface area contributed by atoms with Crippen molar-refractivity contribution in [2.45, 2.75) is 6.42 Å². The van der Waals surface area contributed by atoms with Gasteiger partial charge in [-0.05, 0) is 17.7 Å². The maximum absolute atomic E-state index is 13.0. The molecule has 0 aromatic heterocycles. The first kappa shape index (κ1) is 12.2. The third kappa shape index (κ3) is 3.05. The van der Waals surface area contributed by atoms with Crippen molar-refractivity contribution < 1.29 is 18.3 Å². The van der Waals surface area contributed by atoms with Crippen LogP contribution >= 0.6 is 0 Å². The minimum absolute atomic E-state index is 0.0430. The minimum Gasteiger partial charge on any atom is -0.494 e. The van der Waals surface area contributed by atoms with Gasteiger partial charge in [0.1, 0.15) is 0 Å². The number of carbonyl (C=O) groups excluding carboxylic acids is 1. The van der Waals surface area contributed by atoms with E-state index >= 15 is 0 Å². The van der Waals surface area contributed by atoms with Crippen LogP contribution in [0.4, 0.5) is 8.78 Å². The summed E-state index contributed by atoms with van der Waals surface area (Å²) in [6.07, 6.45) is 2.98. The Balaban J connectivity index is 2.93. The van der Waals surface area contributed by atoms with Crippen LogP contribution in [-0.2, 0) is 4.79 Å². The number of carbonyl (C=O) groups is 1. The summed E-state index contributed by atoms with van der Waals surface area (Å²) in [5.74, 6) is -2.71. The van der Waals surface area contributed by atoms with Crippen molar-refractivity contribution in [3.8, 4) is 5.75 Å². The molecule has 0 atom stereocenters. The zero-order chi connectivity index (χ0) is 12.1. The first-order valence-electron chi connectivity index (χ1n) is 4.52. The molecule has 2 N–H and O–H groups in total. The Morgan fingerprint density at radius 1 is 1.50 bits per heavy atom. The summed E-state index contributed by atoms with van der Waals surface area (Å²) in [5, 5.41) is 0. The molecule has 1 aromatic rings. The van der Waals surface area contributed by atoms with Gasteiger partial charge in [0.15, 0.2) is 11.6 Å². The van der Waals surface area contributed by atoms with Crippen LogP contribution in [-0.4, -0.2) is 13.0 Å². The van der Waals surface area contributed by atoms with E-state index in [0.29, 0.717) is 5.56 Å². The number of primary amides is 1. The Kier molecular flexibility index (Phi) is 3.99. The smallest absolute Gasteiger partial charge is 0.221 e. The third-order valence-electron chi connectivity index (χ3n) is 1.87. The first-order valence-corrected chi connectivity index (χ1v) is 4.52. The second-order valence-electron chi connectivity index (χ2n) is 3.09. The van der Waals surface area contributed by atoms with Crippen LogP contribution in [0.2, 0.25) is 0 Å². The van der Waals surface area contributed by atoms with Gasteiger partial charge < -0.3 is 10.5 Å². The quantitative estimate of drug-likeness (QED) is 0.853. The predicted octanol–water partition coefficient (Wildman–Crippen LogP) is 1.86. The molecule has 0 radical (unpaired) electrons. The van der Waals surface area contributed by atoms with Crippen molar-refractivity contribution in [3.05, 3.63) is 35.4 Å². The van der Waals surface area contributed by atoms with E-state index in [4.69, 9.17) is 5.73 Å². The van der Waals surface area contributed by atoms with E-state index in [1.54, 1.807) is 0 Å². The Bertz CT molecular complexity index is 430. The summed E-state index contributed by atoms with van der Waals surface area (Å²) in [5.41, 5.74) is 5.32. The van der Waals surface area contributed by atoms with Gasteiger partial charge in [0.25, 0.3) is 0 Å². The van der Waals surface area contributed by atoms with Gasteiger partial charge in [-0.2, -0.15) is 4.39 Å². The fraction of sp³-hybridized carbons (Fsp3) is 0.182. The van der Waals surface area contributed by atoms with Crippen LogP contribution in [0.3, 0.4) is 0 Å². The molecule has 1 amide bonds. The zero-order valence-electron chi connectivity index (χ0n) is 8.67. The van der Waals surface area contributed by atoms with Crippen LogP contribution in [0.1, 0.15) is 12.0 Å². The molecule has 0 aliphatic rings. The molecule has 0 spiro atoms. The lowest BCUT2D eigenvalue weighted by atomic mass is 10.1. The van der Waals surface area contributed by atoms with Crippen molar-refractivity contribution in [2.24, 2.45) is 5.73 Å². The van der Waals surface area contributed by atoms with Gasteiger partial charge >= 0.3 is 0 Å². The zero-order valence-corrected chi connectivity index (χ0v) is 8.67. The molecule has 0 saturated heterocycles. The largest absolute Gasteiger partial charge is 0.494 e. The predicted molar refractivity (Wildman–Crippen MR) is 55.8 cm³/mol. The lowest BCUT2D eigenvalue weighted by Crippen LogP contribution is -2.07. The van der Waals surface area contributed by atoms with Gasteiger partial charge in [-0.3, -0.25) is 4.79 Å². The number of ether oxygens (including phenoxy) is 1. The van der Waals surface area contributed by atoms with Crippen LogP contribution in [0.15, 0.2) is 18.2 Å². The second kappa shape index (κ2) is 5.25. The molecule has 1 aromatic carbocycles. The molecule has 1 rings (SSSR count). The molecule has 16 heavy (non-hydrogen) atoms. The van der Waals surface area contributed by atoms with E-state index < -0.39 is 17.5 Å². The Hall–Kier alpha value is -1.91. The molecule has 0 heterocycles. The van der Waals surface area contributed by atoms with Gasteiger partial charge in [0.2, 0.25) is 11.7 Å². The molecule has 0 saturated carbocycles. The summed E-state index contributed by atoms with van der Waals surface area (Å²) >= 11 is 0. The molecular weight excluding hydrogens is 216 g/mol. The minimum atomic E-state index is -1.03. The SMILES string of the molecule is COc1cc(C=CCC(N)=O)cc(F)c1F. The Morgan fingerprint density at radius 3 is 2.75 bits per heavy atom. The van der Waals surface area contributed by atoms with E-state index in [9.17, 15) is 13.6 Å². The average Bonchev–Trinajstić information content (AvgIpc) is 2.22. The summed E-state index contributed by atoms with van der Waals surface area (Å²) in [7, 11) is 1.24. The lowest BCUT2D eigenvalue weighted by molar-refractivity contribution is -0.117. The highest BCUT2D eigenvalue weighted by Gasteiger charge is 2.09. The fourth-order valence-electron chi connectivity index (χ4n) is 1.14. The molecule has 5 heteroatoms. The molecule has 0 fully saturated rings. The Morgan fingerprint density at radius 2 is 2.19 bits per heavy atom. The standard InChI is InChI=1S/C11H11F2NO2/c1-16-9-6-7(3-2-4-10(14)15)5-8(12)11(9)13/h2-3,5-6H,4H2,1H3,(H2,14,15). The van der Waals surface area contributed by atoms with E-state index in [-0.39, 0.29) is 12.2 Å². The van der Waals surface area contributed by atoms with Crippen molar-refractivity contribution in [1.82, 2.24) is 0 Å². The topological polar surface area (TPSA) is 52.3 Å². The molecule has 0 unspecified atom stereocenters. The molecule has 0 aliphatic carbocycles. The maximum Gasteiger partial charge on any atom is 0.221 e. The van der Waals surface area contributed by atoms with Crippen LogP contribution in [0.25, 0.3) is 6.08 Å². The summed E-state index contributed by atoms with van der Waals surface area (Å²) in [4.78, 5) is 10.4. The first-order chi connectivity index (χ1) is 7.54. The van der Waals surface area contributed by atoms with Crippen molar-refractivity contribution >= 4 is 12.0 Å². The van der Waals surface area contributed by atoms with Crippen molar-refractivity contribution in [1.29, 1.82) is 0 Å². The summed E-state index contributed by atoms with van der Waals surface area (Å²) < 4.78 is 30.7. The van der Waals surface area contributed by atoms with Gasteiger partial charge in [0, 0.05) is 6.42 Å². The highest BCUT2D eigenvalue weighted by atomic mass is 19.2. The van der Waals surface area contributed by atoms with Crippen molar-refractivity contribution in [3.63, 3.8) is 0 Å². The third-order valence-corrected chi connectivity index (χ3v) is 1.87. The molecule has 0 bridgehead atoms. The monoisotopic (exact) mass is 227 g/mol. The number of amides is 1. The number of benzene rings is 1. The van der Waals surface area contributed by atoms with E-state index in [0.717, 1.165) is 6.07 Å². The average molecular weight is 227 g/mol. The van der Waals surface area contributed by atoms with Gasteiger partial charge in [-0.15, -0.1) is 0 Å². The maximum atomic E-state index is 13.0. The number of rotatable bonds is 4. The van der Waals surface area contributed by atoms with Crippen molar-refractivity contribution in [2.75, 3.05) is 7.11 Å². The van der Waals surface area contributed by atoms with E-state index in [2.05, 4.69) is 4.74 Å². The highest BCUT2D eigenvalue weighted by Crippen LogP contribution is 2.22.